The maximum Gasteiger partial charge on any atom is 0.128 e. The number of rotatable bonds is 3. The Hall–Kier alpha value is -0.860. The van der Waals surface area contributed by atoms with Crippen LogP contribution >= 0.6 is 0 Å². The van der Waals surface area contributed by atoms with Crippen molar-refractivity contribution in [3.8, 4) is 0 Å². The van der Waals surface area contributed by atoms with E-state index in [-0.39, 0.29) is 17.6 Å². The number of aliphatic hydroxyl groups is 1. The molecule has 2 heteroatoms. The number of epoxide rings is 1. The van der Waals surface area contributed by atoms with Crippen molar-refractivity contribution in [3.63, 3.8) is 0 Å². The summed E-state index contributed by atoms with van der Waals surface area (Å²) in [6.07, 6.45) is 4.75. The molecule has 3 rings (SSSR count). The summed E-state index contributed by atoms with van der Waals surface area (Å²) in [6.45, 7) is 4.18. The molecule has 98 valence electrons. The van der Waals surface area contributed by atoms with Gasteiger partial charge >= 0.3 is 0 Å². The third-order valence-corrected chi connectivity index (χ3v) is 4.77. The molecule has 0 amide bonds. The Morgan fingerprint density at radius 1 is 1.28 bits per heavy atom. The third-order valence-electron chi connectivity index (χ3n) is 4.77. The van der Waals surface area contributed by atoms with Gasteiger partial charge < -0.3 is 9.84 Å². The molecule has 1 aromatic carbocycles. The Morgan fingerprint density at radius 3 is 2.61 bits per heavy atom. The van der Waals surface area contributed by atoms with Crippen LogP contribution in [0.3, 0.4) is 0 Å². The van der Waals surface area contributed by atoms with Crippen LogP contribution in [0, 0.1) is 5.92 Å². The lowest BCUT2D eigenvalue weighted by Gasteiger charge is -2.40. The number of ether oxygens (including phenoxy) is 1. The van der Waals surface area contributed by atoms with E-state index < -0.39 is 5.60 Å². The second-order valence-corrected chi connectivity index (χ2v) is 6.03. The SMILES string of the molecule is CC(C)C(O)(c1ccccc1)C12CCCCC1O2. The largest absolute Gasteiger partial charge is 0.382 e. The van der Waals surface area contributed by atoms with Gasteiger partial charge in [0.1, 0.15) is 11.2 Å². The molecule has 1 aliphatic carbocycles. The van der Waals surface area contributed by atoms with Crippen molar-refractivity contribution in [2.75, 3.05) is 0 Å². The highest BCUT2D eigenvalue weighted by Gasteiger charge is 2.70. The quantitative estimate of drug-likeness (QED) is 0.830. The van der Waals surface area contributed by atoms with Crippen molar-refractivity contribution in [2.45, 2.75) is 56.8 Å². The van der Waals surface area contributed by atoms with Crippen LogP contribution in [0.2, 0.25) is 0 Å². The lowest BCUT2D eigenvalue weighted by atomic mass is 9.67. The van der Waals surface area contributed by atoms with Crippen LogP contribution < -0.4 is 0 Å². The van der Waals surface area contributed by atoms with Crippen molar-refractivity contribution in [1.82, 2.24) is 0 Å². The average Bonchev–Trinajstić information content (AvgIpc) is 3.14. The van der Waals surface area contributed by atoms with E-state index in [2.05, 4.69) is 13.8 Å². The summed E-state index contributed by atoms with van der Waals surface area (Å²) in [5.74, 6) is 0.156. The van der Waals surface area contributed by atoms with E-state index in [0.717, 1.165) is 18.4 Å². The molecular weight excluding hydrogens is 224 g/mol. The molecule has 2 aliphatic rings. The molecule has 1 aromatic rings. The van der Waals surface area contributed by atoms with Gasteiger partial charge in [0.05, 0.1) is 6.10 Å². The summed E-state index contributed by atoms with van der Waals surface area (Å²) >= 11 is 0. The molecule has 1 N–H and O–H groups in total. The van der Waals surface area contributed by atoms with E-state index in [4.69, 9.17) is 4.74 Å². The van der Waals surface area contributed by atoms with Gasteiger partial charge in [-0.15, -0.1) is 0 Å². The van der Waals surface area contributed by atoms with Crippen LogP contribution in [0.1, 0.15) is 45.1 Å². The van der Waals surface area contributed by atoms with Crippen molar-refractivity contribution in [2.24, 2.45) is 5.92 Å². The fourth-order valence-corrected chi connectivity index (χ4v) is 3.73. The molecule has 18 heavy (non-hydrogen) atoms. The fraction of sp³-hybridized carbons (Fsp3) is 0.625. The molecular formula is C16H22O2. The van der Waals surface area contributed by atoms with Crippen LogP contribution in [0.5, 0.6) is 0 Å². The maximum atomic E-state index is 11.4. The van der Waals surface area contributed by atoms with E-state index in [1.807, 2.05) is 30.3 Å². The Bertz CT molecular complexity index is 428. The minimum absolute atomic E-state index is 0.156. The fourth-order valence-electron chi connectivity index (χ4n) is 3.73. The first-order valence-corrected chi connectivity index (χ1v) is 7.07. The normalized spacial score (nSPS) is 33.9. The molecule has 2 nitrogen and oxygen atoms in total. The first-order valence-electron chi connectivity index (χ1n) is 7.07. The summed E-state index contributed by atoms with van der Waals surface area (Å²) in [6, 6.07) is 10.1. The zero-order valence-corrected chi connectivity index (χ0v) is 11.2. The molecule has 1 heterocycles. The Morgan fingerprint density at radius 2 is 2.00 bits per heavy atom. The monoisotopic (exact) mass is 246 g/mol. The molecule has 1 saturated carbocycles. The van der Waals surface area contributed by atoms with Crippen LogP contribution in [0.25, 0.3) is 0 Å². The van der Waals surface area contributed by atoms with E-state index in [1.54, 1.807) is 0 Å². The van der Waals surface area contributed by atoms with Crippen molar-refractivity contribution >= 4 is 0 Å². The van der Waals surface area contributed by atoms with Crippen molar-refractivity contribution in [1.29, 1.82) is 0 Å². The van der Waals surface area contributed by atoms with Gasteiger partial charge in [-0.05, 0) is 24.3 Å². The molecule has 1 aliphatic heterocycles. The predicted octanol–water partition coefficient (Wildman–Crippen LogP) is 3.24. The molecule has 3 atom stereocenters. The minimum atomic E-state index is -0.848. The molecule has 1 saturated heterocycles. The predicted molar refractivity (Wildman–Crippen MR) is 71.2 cm³/mol. The van der Waals surface area contributed by atoms with Crippen LogP contribution in [0.4, 0.5) is 0 Å². The highest BCUT2D eigenvalue weighted by Crippen LogP contribution is 2.60. The van der Waals surface area contributed by atoms with Crippen molar-refractivity contribution in [3.05, 3.63) is 35.9 Å². The maximum absolute atomic E-state index is 11.4. The molecule has 2 fully saturated rings. The second kappa shape index (κ2) is 4.07. The summed E-state index contributed by atoms with van der Waals surface area (Å²) in [7, 11) is 0. The van der Waals surface area contributed by atoms with Gasteiger partial charge in [-0.3, -0.25) is 0 Å². The van der Waals surface area contributed by atoms with Gasteiger partial charge in [0.2, 0.25) is 0 Å². The number of benzene rings is 1. The molecule has 0 bridgehead atoms. The van der Waals surface area contributed by atoms with Gasteiger partial charge in [-0.2, -0.15) is 0 Å². The summed E-state index contributed by atoms with van der Waals surface area (Å²) in [5, 5.41) is 11.4. The van der Waals surface area contributed by atoms with Crippen LogP contribution in [-0.2, 0) is 10.3 Å². The lowest BCUT2D eigenvalue weighted by molar-refractivity contribution is -0.0864. The minimum Gasteiger partial charge on any atom is -0.382 e. The van der Waals surface area contributed by atoms with E-state index in [9.17, 15) is 5.11 Å². The van der Waals surface area contributed by atoms with Crippen molar-refractivity contribution < 1.29 is 9.84 Å². The zero-order chi connectivity index (χ0) is 12.8. The average molecular weight is 246 g/mol. The van der Waals surface area contributed by atoms with Gasteiger partial charge in [0.25, 0.3) is 0 Å². The standard InChI is InChI=1S/C16H22O2/c1-12(2)16(17,13-8-4-3-5-9-13)15-11-7-6-10-14(15)18-15/h3-5,8-9,12,14,17H,6-7,10-11H2,1-2H3. The second-order valence-electron chi connectivity index (χ2n) is 6.03. The number of hydrogen-bond donors (Lipinski definition) is 1. The van der Waals surface area contributed by atoms with Gasteiger partial charge in [-0.1, -0.05) is 57.0 Å². The van der Waals surface area contributed by atoms with Gasteiger partial charge in [0, 0.05) is 0 Å². The Labute approximate surface area is 109 Å². The Balaban J connectivity index is 2.03. The summed E-state index contributed by atoms with van der Waals surface area (Å²) in [5.41, 5.74) is -0.162. The molecule has 0 spiro atoms. The van der Waals surface area contributed by atoms with Crippen LogP contribution in [-0.4, -0.2) is 16.8 Å². The van der Waals surface area contributed by atoms with E-state index in [1.165, 1.54) is 12.8 Å². The van der Waals surface area contributed by atoms with Gasteiger partial charge in [0.15, 0.2) is 0 Å². The summed E-state index contributed by atoms with van der Waals surface area (Å²) in [4.78, 5) is 0. The zero-order valence-electron chi connectivity index (χ0n) is 11.2. The third kappa shape index (κ3) is 1.49. The first-order chi connectivity index (χ1) is 8.61. The van der Waals surface area contributed by atoms with Crippen LogP contribution in [0.15, 0.2) is 30.3 Å². The Kier molecular flexibility index (Phi) is 2.76. The number of hydrogen-bond acceptors (Lipinski definition) is 2. The molecule has 0 aromatic heterocycles. The van der Waals surface area contributed by atoms with Gasteiger partial charge in [-0.25, -0.2) is 0 Å². The first kappa shape index (κ1) is 12.2. The molecule has 3 unspecified atom stereocenters. The van der Waals surface area contributed by atoms with E-state index in [0.29, 0.717) is 0 Å². The number of fused-ring (bicyclic) bond motifs is 1. The van der Waals surface area contributed by atoms with E-state index >= 15 is 0 Å². The summed E-state index contributed by atoms with van der Waals surface area (Å²) < 4.78 is 6.00. The highest BCUT2D eigenvalue weighted by molar-refractivity contribution is 5.32. The lowest BCUT2D eigenvalue weighted by Crippen LogP contribution is -2.49. The smallest absolute Gasteiger partial charge is 0.128 e. The topological polar surface area (TPSA) is 32.8 Å². The highest BCUT2D eigenvalue weighted by atomic mass is 16.6. The molecule has 0 radical (unpaired) electrons.